The number of amides is 4. The number of anilines is 1. The van der Waals surface area contributed by atoms with E-state index in [1.165, 1.54) is 24.1 Å². The molecule has 0 radical (unpaired) electrons. The molecule has 53 heavy (non-hydrogen) atoms. The number of halogens is 2. The number of carbonyl (C=O) groups excluding carboxylic acids is 3. The lowest BCUT2D eigenvalue weighted by atomic mass is 9.92. The van der Waals surface area contributed by atoms with Crippen molar-refractivity contribution in [1.82, 2.24) is 19.7 Å². The lowest BCUT2D eigenvalue weighted by molar-refractivity contribution is -0.127. The number of aromatic nitrogens is 1. The van der Waals surface area contributed by atoms with Crippen LogP contribution in [0.5, 0.6) is 5.75 Å². The third-order valence-corrected chi connectivity index (χ3v) is 11.0. The molecular formula is C40H49F2N5O6. The molecule has 0 saturated carbocycles. The van der Waals surface area contributed by atoms with Gasteiger partial charge in [0.2, 0.25) is 12.3 Å². The first kappa shape index (κ1) is 38.1. The molecule has 6 rings (SSSR count). The minimum Gasteiger partial charge on any atom is -0.495 e. The molecule has 4 heterocycles. The molecule has 284 valence electrons. The van der Waals surface area contributed by atoms with E-state index in [4.69, 9.17) is 9.47 Å². The fraction of sp³-hybridized carbons (Fsp3) is 0.500. The minimum absolute atomic E-state index is 0.0242. The lowest BCUT2D eigenvalue weighted by Gasteiger charge is -2.40. The van der Waals surface area contributed by atoms with Gasteiger partial charge in [0, 0.05) is 68.6 Å². The first-order valence-electron chi connectivity index (χ1n) is 18.6. The Kier molecular flexibility index (Phi) is 11.9. The SMILES string of the molecule is CCCn1cc(-c2cc(F)c(CCN3CCC(OC4CCN(C=O)C(c5ccc(OC)c(N6CCC(=O)NC6=O)c5)C4)CC3)c(F)c2)c(C)c(C)c1=O. The van der Waals surface area contributed by atoms with Gasteiger partial charge >= 0.3 is 6.03 Å². The standard InChI is InChI=1S/C40H49F2N5O6/c1-5-13-45-23-32(25(2)26(3)39(45)50)28-19-33(41)31(34(42)20-28)11-16-44-14-8-29(9-15-44)53-30-10-17-46(24-48)35(22-30)27-6-7-37(52-4)36(21-27)47-18-12-38(49)43-40(47)51/h6-7,19-21,23-24,29-30,35H,5,8-18,22H2,1-4H3,(H,43,49,51). The van der Waals surface area contributed by atoms with Crippen LogP contribution in [0.1, 0.15) is 73.7 Å². The maximum atomic E-state index is 15.4. The van der Waals surface area contributed by atoms with Gasteiger partial charge in [0.05, 0.1) is 31.0 Å². The Morgan fingerprint density at radius 3 is 2.30 bits per heavy atom. The molecule has 11 nitrogen and oxygen atoms in total. The maximum Gasteiger partial charge on any atom is 0.328 e. The van der Waals surface area contributed by atoms with Gasteiger partial charge in [-0.05, 0) is 93.3 Å². The summed E-state index contributed by atoms with van der Waals surface area (Å²) in [6.45, 7) is 8.82. The number of urea groups is 1. The van der Waals surface area contributed by atoms with Crippen LogP contribution in [0.15, 0.2) is 41.3 Å². The molecule has 0 aliphatic carbocycles. The predicted molar refractivity (Wildman–Crippen MR) is 197 cm³/mol. The summed E-state index contributed by atoms with van der Waals surface area (Å²) in [6, 6.07) is 7.51. The van der Waals surface area contributed by atoms with Crippen LogP contribution in [0.4, 0.5) is 19.3 Å². The van der Waals surface area contributed by atoms with E-state index in [9.17, 15) is 19.2 Å². The largest absolute Gasteiger partial charge is 0.495 e. The van der Waals surface area contributed by atoms with Gasteiger partial charge in [-0.15, -0.1) is 0 Å². The molecule has 3 aliphatic heterocycles. The van der Waals surface area contributed by atoms with E-state index in [0.29, 0.717) is 60.6 Å². The molecule has 1 aromatic heterocycles. The van der Waals surface area contributed by atoms with E-state index in [1.54, 1.807) is 28.7 Å². The second-order valence-electron chi connectivity index (χ2n) is 14.3. The van der Waals surface area contributed by atoms with Crippen molar-refractivity contribution >= 4 is 24.0 Å². The van der Waals surface area contributed by atoms with Gasteiger partial charge < -0.3 is 23.8 Å². The molecule has 4 amide bonds. The van der Waals surface area contributed by atoms with Crippen LogP contribution in [0.2, 0.25) is 0 Å². The zero-order valence-electron chi connectivity index (χ0n) is 31.0. The van der Waals surface area contributed by atoms with Crippen molar-refractivity contribution in [1.29, 1.82) is 0 Å². The van der Waals surface area contributed by atoms with Crippen molar-refractivity contribution < 1.29 is 32.6 Å². The number of pyridine rings is 1. The average molecular weight is 734 g/mol. The van der Waals surface area contributed by atoms with E-state index in [0.717, 1.165) is 49.9 Å². The summed E-state index contributed by atoms with van der Waals surface area (Å²) in [4.78, 5) is 54.6. The molecule has 0 spiro atoms. The topological polar surface area (TPSA) is 113 Å². The highest BCUT2D eigenvalue weighted by atomic mass is 19.1. The zero-order valence-corrected chi connectivity index (χ0v) is 31.0. The van der Waals surface area contributed by atoms with Crippen molar-refractivity contribution in [3.8, 4) is 16.9 Å². The maximum absolute atomic E-state index is 15.4. The van der Waals surface area contributed by atoms with Crippen molar-refractivity contribution in [3.05, 3.63) is 80.8 Å². The van der Waals surface area contributed by atoms with E-state index in [1.807, 2.05) is 26.0 Å². The molecule has 13 heteroatoms. The Bertz CT molecular complexity index is 1890. The number of benzene rings is 2. The molecule has 3 aromatic rings. The van der Waals surface area contributed by atoms with Crippen molar-refractivity contribution in [3.63, 3.8) is 0 Å². The van der Waals surface area contributed by atoms with E-state index < -0.39 is 17.7 Å². The number of ether oxygens (including phenoxy) is 2. The molecule has 2 aromatic carbocycles. The first-order valence-corrected chi connectivity index (χ1v) is 18.6. The summed E-state index contributed by atoms with van der Waals surface area (Å²) < 4.78 is 44.6. The molecular weight excluding hydrogens is 684 g/mol. The number of nitrogens with zero attached hydrogens (tertiary/aromatic N) is 4. The molecule has 2 atom stereocenters. The van der Waals surface area contributed by atoms with Crippen LogP contribution in [-0.2, 0) is 27.3 Å². The van der Waals surface area contributed by atoms with Gasteiger partial charge in [-0.3, -0.25) is 24.6 Å². The van der Waals surface area contributed by atoms with Gasteiger partial charge in [0.15, 0.2) is 0 Å². The van der Waals surface area contributed by atoms with Gasteiger partial charge in [-0.25, -0.2) is 13.6 Å². The summed E-state index contributed by atoms with van der Waals surface area (Å²) in [5, 5.41) is 2.35. The Labute approximate surface area is 308 Å². The molecule has 0 bridgehead atoms. The second-order valence-corrected chi connectivity index (χ2v) is 14.3. The van der Waals surface area contributed by atoms with E-state index in [-0.39, 0.29) is 54.7 Å². The number of aryl methyl sites for hydroxylation is 1. The number of likely N-dealkylation sites (tertiary alicyclic amines) is 2. The molecule has 3 saturated heterocycles. The van der Waals surface area contributed by atoms with Crippen LogP contribution >= 0.6 is 0 Å². The number of nitrogens with one attached hydrogen (secondary N) is 1. The normalized spacial score (nSPS) is 20.1. The van der Waals surface area contributed by atoms with Crippen molar-refractivity contribution in [2.24, 2.45) is 0 Å². The van der Waals surface area contributed by atoms with Gasteiger partial charge in [0.1, 0.15) is 17.4 Å². The van der Waals surface area contributed by atoms with Crippen LogP contribution < -0.4 is 20.5 Å². The Morgan fingerprint density at radius 2 is 1.64 bits per heavy atom. The highest BCUT2D eigenvalue weighted by molar-refractivity contribution is 6.06. The van der Waals surface area contributed by atoms with Gasteiger partial charge in [-0.1, -0.05) is 13.0 Å². The predicted octanol–water partition coefficient (Wildman–Crippen LogP) is 5.66. The monoisotopic (exact) mass is 733 g/mol. The van der Waals surface area contributed by atoms with E-state index >= 15 is 8.78 Å². The Morgan fingerprint density at radius 1 is 0.925 bits per heavy atom. The van der Waals surface area contributed by atoms with Crippen LogP contribution in [0.3, 0.4) is 0 Å². The van der Waals surface area contributed by atoms with Crippen LogP contribution in [-0.4, -0.2) is 84.8 Å². The molecule has 2 unspecified atom stereocenters. The average Bonchev–Trinajstić information content (AvgIpc) is 3.15. The molecule has 3 aliphatic rings. The number of carbonyl (C=O) groups is 3. The summed E-state index contributed by atoms with van der Waals surface area (Å²) in [5.74, 6) is -1.00. The summed E-state index contributed by atoms with van der Waals surface area (Å²) >= 11 is 0. The Balaban J connectivity index is 1.05. The number of methoxy groups -OCH3 is 1. The third kappa shape index (κ3) is 8.31. The number of hydrogen-bond acceptors (Lipinski definition) is 7. The highest BCUT2D eigenvalue weighted by Gasteiger charge is 2.34. The fourth-order valence-electron chi connectivity index (χ4n) is 7.84. The second kappa shape index (κ2) is 16.6. The number of piperidine rings is 2. The number of hydrogen-bond donors (Lipinski definition) is 1. The van der Waals surface area contributed by atoms with Crippen LogP contribution in [0, 0.1) is 25.5 Å². The summed E-state index contributed by atoms with van der Waals surface area (Å²) in [6.07, 6.45) is 6.54. The quantitative estimate of drug-likeness (QED) is 0.239. The lowest BCUT2D eigenvalue weighted by Crippen LogP contribution is -2.49. The van der Waals surface area contributed by atoms with Crippen LogP contribution in [0.25, 0.3) is 11.1 Å². The summed E-state index contributed by atoms with van der Waals surface area (Å²) in [7, 11) is 1.52. The smallest absolute Gasteiger partial charge is 0.328 e. The number of imide groups is 1. The third-order valence-electron chi connectivity index (χ3n) is 11.0. The molecule has 3 fully saturated rings. The van der Waals surface area contributed by atoms with E-state index in [2.05, 4.69) is 10.2 Å². The van der Waals surface area contributed by atoms with Crippen molar-refractivity contribution in [2.75, 3.05) is 44.7 Å². The highest BCUT2D eigenvalue weighted by Crippen LogP contribution is 2.38. The van der Waals surface area contributed by atoms with Gasteiger partial charge in [0.25, 0.3) is 5.56 Å². The fourth-order valence-corrected chi connectivity index (χ4v) is 7.84. The first-order chi connectivity index (χ1) is 25.5. The zero-order chi connectivity index (χ0) is 37.8. The van der Waals surface area contributed by atoms with Crippen molar-refractivity contribution in [2.45, 2.75) is 90.5 Å². The number of rotatable bonds is 12. The Hall–Kier alpha value is -4.62. The van der Waals surface area contributed by atoms with Gasteiger partial charge in [-0.2, -0.15) is 0 Å². The molecule has 1 N–H and O–H groups in total. The minimum atomic E-state index is -0.585. The summed E-state index contributed by atoms with van der Waals surface area (Å²) in [5.41, 5.74) is 3.75.